The largest absolute Gasteiger partial charge is 0.399 e. The Balaban J connectivity index is 1.91. The molecule has 1 aromatic heterocycles. The first-order chi connectivity index (χ1) is 9.83. The normalized spacial score (nSPS) is 11.4. The smallest absolute Gasteiger partial charge is 0.396 e. The van der Waals surface area contributed by atoms with Crippen LogP contribution >= 0.6 is 0 Å². The average molecular weight is 299 g/mol. The molecule has 0 spiro atoms. The zero-order valence-corrected chi connectivity index (χ0v) is 10.7. The Bertz CT molecular complexity index is 621. The third-order valence-corrected chi connectivity index (χ3v) is 2.53. The summed E-state index contributed by atoms with van der Waals surface area (Å²) in [6.45, 7) is -0.0476. The minimum absolute atomic E-state index is 0.0476. The van der Waals surface area contributed by atoms with E-state index in [2.05, 4.69) is 20.5 Å². The van der Waals surface area contributed by atoms with Crippen LogP contribution in [0.4, 0.5) is 18.9 Å². The van der Waals surface area contributed by atoms with E-state index < -0.39 is 12.6 Å². The quantitative estimate of drug-likeness (QED) is 0.744. The molecule has 0 aliphatic rings. The van der Waals surface area contributed by atoms with Gasteiger partial charge in [0, 0.05) is 11.3 Å². The Morgan fingerprint density at radius 2 is 1.95 bits per heavy atom. The summed E-state index contributed by atoms with van der Waals surface area (Å²) in [6, 6.07) is 6.23. The fourth-order valence-electron chi connectivity index (χ4n) is 1.57. The second-order valence-electron chi connectivity index (χ2n) is 4.29. The van der Waals surface area contributed by atoms with E-state index in [1.807, 2.05) is 0 Å². The molecule has 0 unspecified atom stereocenters. The lowest BCUT2D eigenvalue weighted by molar-refractivity contribution is -0.128. The molecule has 6 nitrogen and oxygen atoms in total. The molecule has 0 saturated carbocycles. The number of aromatic amines is 1. The van der Waals surface area contributed by atoms with Crippen LogP contribution in [0, 0.1) is 0 Å². The lowest BCUT2D eigenvalue weighted by atomic mass is 10.2. The van der Waals surface area contributed by atoms with E-state index >= 15 is 0 Å². The maximum atomic E-state index is 12.1. The molecule has 0 fully saturated rings. The van der Waals surface area contributed by atoms with Gasteiger partial charge in [0.1, 0.15) is 12.2 Å². The van der Waals surface area contributed by atoms with Gasteiger partial charge in [0.15, 0.2) is 5.82 Å². The maximum absolute atomic E-state index is 12.1. The van der Waals surface area contributed by atoms with Gasteiger partial charge in [0.25, 0.3) is 5.91 Å². The number of nitrogens with one attached hydrogen (secondary N) is 2. The number of carbonyl (C=O) groups excluding carboxylic acids is 1. The molecule has 112 valence electrons. The highest BCUT2D eigenvalue weighted by atomic mass is 19.4. The van der Waals surface area contributed by atoms with Crippen molar-refractivity contribution in [3.8, 4) is 0 Å². The zero-order valence-electron chi connectivity index (χ0n) is 10.7. The number of rotatable bonds is 4. The van der Waals surface area contributed by atoms with Crippen LogP contribution in [0.3, 0.4) is 0 Å². The van der Waals surface area contributed by atoms with Crippen LogP contribution in [-0.4, -0.2) is 27.3 Å². The van der Waals surface area contributed by atoms with Crippen molar-refractivity contribution in [2.45, 2.75) is 19.1 Å². The van der Waals surface area contributed by atoms with Crippen molar-refractivity contribution >= 4 is 11.6 Å². The Kier molecular flexibility index (Phi) is 4.10. The van der Waals surface area contributed by atoms with Gasteiger partial charge in [-0.05, 0) is 24.3 Å². The van der Waals surface area contributed by atoms with Gasteiger partial charge in [-0.15, -0.1) is 0 Å². The summed E-state index contributed by atoms with van der Waals surface area (Å²) in [5, 5.41) is 8.30. The molecule has 0 saturated heterocycles. The number of amides is 1. The fraction of sp³-hybridized carbons (Fsp3) is 0.250. The zero-order chi connectivity index (χ0) is 15.5. The predicted molar refractivity (Wildman–Crippen MR) is 68.2 cm³/mol. The number of nitrogens with zero attached hydrogens (tertiary/aromatic N) is 2. The second kappa shape index (κ2) is 5.81. The lowest BCUT2D eigenvalue weighted by Gasteiger charge is -2.03. The van der Waals surface area contributed by atoms with E-state index in [4.69, 9.17) is 5.73 Å². The van der Waals surface area contributed by atoms with Crippen LogP contribution < -0.4 is 11.1 Å². The summed E-state index contributed by atoms with van der Waals surface area (Å²) >= 11 is 0. The Morgan fingerprint density at radius 1 is 1.29 bits per heavy atom. The van der Waals surface area contributed by atoms with E-state index in [0.717, 1.165) is 0 Å². The summed E-state index contributed by atoms with van der Waals surface area (Å²) in [4.78, 5) is 15.4. The maximum Gasteiger partial charge on any atom is 0.396 e. The van der Waals surface area contributed by atoms with Crippen LogP contribution in [0.5, 0.6) is 0 Å². The average Bonchev–Trinajstić information content (AvgIpc) is 2.82. The number of alkyl halides is 3. The molecule has 0 aliphatic heterocycles. The van der Waals surface area contributed by atoms with Gasteiger partial charge < -0.3 is 11.1 Å². The van der Waals surface area contributed by atoms with Gasteiger partial charge in [0.05, 0.1) is 6.54 Å². The molecule has 4 N–H and O–H groups in total. The fourth-order valence-corrected chi connectivity index (χ4v) is 1.57. The van der Waals surface area contributed by atoms with E-state index in [-0.39, 0.29) is 24.1 Å². The molecule has 2 rings (SSSR count). The summed E-state index contributed by atoms with van der Waals surface area (Å²) in [6.07, 6.45) is -5.58. The van der Waals surface area contributed by atoms with Crippen molar-refractivity contribution in [1.29, 1.82) is 0 Å². The van der Waals surface area contributed by atoms with Gasteiger partial charge >= 0.3 is 6.18 Å². The molecule has 21 heavy (non-hydrogen) atoms. The summed E-state index contributed by atoms with van der Waals surface area (Å²) in [5.41, 5.74) is 6.41. The van der Waals surface area contributed by atoms with Gasteiger partial charge in [-0.2, -0.15) is 18.3 Å². The molecule has 0 bridgehead atoms. The number of nitrogen functional groups attached to an aromatic ring is 1. The third-order valence-electron chi connectivity index (χ3n) is 2.53. The molecular formula is C12H12F3N5O. The molecule has 1 aromatic carbocycles. The summed E-state index contributed by atoms with van der Waals surface area (Å²) in [5.74, 6) is -0.596. The highest BCUT2D eigenvalue weighted by Crippen LogP contribution is 2.18. The highest BCUT2D eigenvalue weighted by molar-refractivity contribution is 5.94. The molecule has 0 radical (unpaired) electrons. The van der Waals surface area contributed by atoms with Crippen molar-refractivity contribution in [2.75, 3.05) is 5.73 Å². The minimum Gasteiger partial charge on any atom is -0.399 e. The first kappa shape index (κ1) is 14.8. The molecular weight excluding hydrogens is 287 g/mol. The number of nitrogens with two attached hydrogens (primary N) is 1. The summed E-state index contributed by atoms with van der Waals surface area (Å²) < 4.78 is 36.4. The number of halogens is 3. The van der Waals surface area contributed by atoms with Crippen LogP contribution in [0.25, 0.3) is 0 Å². The summed E-state index contributed by atoms with van der Waals surface area (Å²) in [7, 11) is 0. The van der Waals surface area contributed by atoms with E-state index in [0.29, 0.717) is 11.3 Å². The molecule has 1 amide bonds. The Morgan fingerprint density at radius 3 is 2.57 bits per heavy atom. The number of hydrogen-bond acceptors (Lipinski definition) is 4. The topological polar surface area (TPSA) is 96.7 Å². The van der Waals surface area contributed by atoms with Gasteiger partial charge in [-0.25, -0.2) is 4.98 Å². The second-order valence-corrected chi connectivity index (χ2v) is 4.29. The van der Waals surface area contributed by atoms with E-state index in [9.17, 15) is 18.0 Å². The minimum atomic E-state index is -4.37. The highest BCUT2D eigenvalue weighted by Gasteiger charge is 2.30. The number of hydrogen-bond donors (Lipinski definition) is 3. The van der Waals surface area contributed by atoms with Crippen molar-refractivity contribution in [2.24, 2.45) is 0 Å². The standard InChI is InChI=1S/C12H12F3N5O/c13-12(14,15)5-9-18-10(20-19-9)6-17-11(21)7-1-3-8(16)4-2-7/h1-4H,5-6,16H2,(H,17,21)(H,18,19,20). The Hall–Kier alpha value is -2.58. The first-order valence-corrected chi connectivity index (χ1v) is 5.94. The predicted octanol–water partition coefficient (Wildman–Crippen LogP) is 1.42. The van der Waals surface area contributed by atoms with Gasteiger partial charge in [-0.1, -0.05) is 0 Å². The Labute approximate surface area is 117 Å². The first-order valence-electron chi connectivity index (χ1n) is 5.94. The molecule has 1 heterocycles. The number of aromatic nitrogens is 3. The van der Waals surface area contributed by atoms with E-state index in [1.54, 1.807) is 24.3 Å². The number of carbonyl (C=O) groups is 1. The number of anilines is 1. The van der Waals surface area contributed by atoms with Gasteiger partial charge in [0.2, 0.25) is 0 Å². The monoisotopic (exact) mass is 299 g/mol. The SMILES string of the molecule is Nc1ccc(C(=O)NCc2nc(CC(F)(F)F)n[nH]2)cc1. The lowest BCUT2D eigenvalue weighted by Crippen LogP contribution is -2.23. The molecule has 2 aromatic rings. The van der Waals surface area contributed by atoms with Crippen molar-refractivity contribution < 1.29 is 18.0 Å². The van der Waals surface area contributed by atoms with Crippen LogP contribution in [0.1, 0.15) is 22.0 Å². The third kappa shape index (κ3) is 4.48. The number of benzene rings is 1. The molecule has 0 aliphatic carbocycles. The van der Waals surface area contributed by atoms with Crippen LogP contribution in [0.15, 0.2) is 24.3 Å². The molecule has 0 atom stereocenters. The van der Waals surface area contributed by atoms with Crippen molar-refractivity contribution in [1.82, 2.24) is 20.5 Å². The van der Waals surface area contributed by atoms with Crippen molar-refractivity contribution in [3.05, 3.63) is 41.5 Å². The van der Waals surface area contributed by atoms with Gasteiger partial charge in [-0.3, -0.25) is 9.89 Å². The van der Waals surface area contributed by atoms with Crippen LogP contribution in [-0.2, 0) is 13.0 Å². The van der Waals surface area contributed by atoms with Crippen molar-refractivity contribution in [3.63, 3.8) is 0 Å². The van der Waals surface area contributed by atoms with Crippen LogP contribution in [0.2, 0.25) is 0 Å². The molecule has 9 heteroatoms. The van der Waals surface area contributed by atoms with E-state index in [1.165, 1.54) is 0 Å². The number of H-pyrrole nitrogens is 1.